The SMILES string of the molecule is Cc1ncnc2ccc(-c3sc(NC(=O)N4CCC(C)(C#N)C4)nc3-c3cccc(C#N)c3)cc12. The van der Waals surface area contributed by atoms with Gasteiger partial charge in [0.1, 0.15) is 6.33 Å². The van der Waals surface area contributed by atoms with E-state index in [1.807, 2.05) is 44.2 Å². The predicted octanol–water partition coefficient (Wildman–Crippen LogP) is 5.37. The Bertz CT molecular complexity index is 1550. The van der Waals surface area contributed by atoms with E-state index in [0.29, 0.717) is 35.9 Å². The number of urea groups is 1. The summed E-state index contributed by atoms with van der Waals surface area (Å²) in [4.78, 5) is 28.9. The van der Waals surface area contributed by atoms with Gasteiger partial charge >= 0.3 is 6.03 Å². The number of hydrogen-bond acceptors (Lipinski definition) is 7. The zero-order valence-electron chi connectivity index (χ0n) is 19.2. The minimum atomic E-state index is -0.528. The van der Waals surface area contributed by atoms with E-state index in [9.17, 15) is 15.3 Å². The lowest BCUT2D eigenvalue weighted by Gasteiger charge is -2.17. The Morgan fingerprint density at radius 1 is 1.17 bits per heavy atom. The molecule has 172 valence electrons. The van der Waals surface area contributed by atoms with Gasteiger partial charge < -0.3 is 4.90 Å². The second-order valence-electron chi connectivity index (χ2n) is 8.85. The number of anilines is 1. The Labute approximate surface area is 206 Å². The highest BCUT2D eigenvalue weighted by Gasteiger charge is 2.36. The fourth-order valence-electron chi connectivity index (χ4n) is 4.22. The monoisotopic (exact) mass is 479 g/mol. The molecular weight excluding hydrogens is 458 g/mol. The fourth-order valence-corrected chi connectivity index (χ4v) is 5.20. The van der Waals surface area contributed by atoms with Crippen molar-refractivity contribution in [2.75, 3.05) is 18.4 Å². The molecule has 5 rings (SSSR count). The van der Waals surface area contributed by atoms with Gasteiger partial charge in [0.2, 0.25) is 0 Å². The van der Waals surface area contributed by atoms with E-state index < -0.39 is 5.41 Å². The highest BCUT2D eigenvalue weighted by Crippen LogP contribution is 2.40. The standard InChI is InChI=1S/C26H21N7OS/c1-16-20-11-19(6-7-21(20)30-15-29-16)23-22(18-5-3-4-17(10-18)12-27)31-24(35-23)32-25(34)33-9-8-26(2,13-28)14-33/h3-7,10-11,15H,8-9,14H2,1-2H3,(H,31,32,34). The third kappa shape index (κ3) is 4.30. The number of aromatic nitrogens is 3. The Hall–Kier alpha value is -4.34. The summed E-state index contributed by atoms with van der Waals surface area (Å²) in [7, 11) is 0. The molecule has 1 saturated heterocycles. The lowest BCUT2D eigenvalue weighted by Crippen LogP contribution is -2.34. The van der Waals surface area contributed by atoms with Gasteiger partial charge in [-0.05, 0) is 50.1 Å². The molecule has 0 saturated carbocycles. The smallest absolute Gasteiger partial charge is 0.323 e. The van der Waals surface area contributed by atoms with E-state index in [0.717, 1.165) is 32.6 Å². The summed E-state index contributed by atoms with van der Waals surface area (Å²) in [5, 5.41) is 23.1. The van der Waals surface area contributed by atoms with Crippen LogP contribution in [0.15, 0.2) is 48.8 Å². The molecule has 1 fully saturated rings. The van der Waals surface area contributed by atoms with Crippen molar-refractivity contribution in [2.24, 2.45) is 5.41 Å². The van der Waals surface area contributed by atoms with Crippen LogP contribution in [0.3, 0.4) is 0 Å². The number of fused-ring (bicyclic) bond motifs is 1. The largest absolute Gasteiger partial charge is 0.323 e. The molecule has 2 aromatic carbocycles. The van der Waals surface area contributed by atoms with Crippen LogP contribution in [-0.2, 0) is 0 Å². The molecule has 1 unspecified atom stereocenters. The molecule has 1 N–H and O–H groups in total. The molecule has 0 aliphatic carbocycles. The van der Waals surface area contributed by atoms with E-state index in [1.165, 1.54) is 11.3 Å². The van der Waals surface area contributed by atoms with Crippen LogP contribution in [0.5, 0.6) is 0 Å². The van der Waals surface area contributed by atoms with E-state index in [4.69, 9.17) is 4.98 Å². The molecule has 4 aromatic rings. The van der Waals surface area contributed by atoms with Gasteiger partial charge in [-0.2, -0.15) is 10.5 Å². The number of carbonyl (C=O) groups excluding carboxylic acids is 1. The van der Waals surface area contributed by atoms with Crippen molar-refractivity contribution in [3.63, 3.8) is 0 Å². The van der Waals surface area contributed by atoms with Gasteiger partial charge in [0.25, 0.3) is 0 Å². The predicted molar refractivity (Wildman–Crippen MR) is 134 cm³/mol. The third-order valence-electron chi connectivity index (χ3n) is 6.23. The molecule has 3 heterocycles. The molecule has 1 aliphatic rings. The minimum Gasteiger partial charge on any atom is -0.323 e. The number of amides is 2. The number of hydrogen-bond donors (Lipinski definition) is 1. The van der Waals surface area contributed by atoms with Crippen molar-refractivity contribution in [2.45, 2.75) is 20.3 Å². The Morgan fingerprint density at radius 3 is 2.80 bits per heavy atom. The van der Waals surface area contributed by atoms with Gasteiger partial charge in [-0.25, -0.2) is 19.7 Å². The zero-order chi connectivity index (χ0) is 24.6. The number of nitrogens with zero attached hydrogens (tertiary/aromatic N) is 6. The second-order valence-corrected chi connectivity index (χ2v) is 9.85. The molecule has 0 bridgehead atoms. The number of nitrogens with one attached hydrogen (secondary N) is 1. The molecule has 1 aliphatic heterocycles. The van der Waals surface area contributed by atoms with E-state index in [-0.39, 0.29) is 6.03 Å². The minimum absolute atomic E-state index is 0.274. The summed E-state index contributed by atoms with van der Waals surface area (Å²) in [6, 6.07) is 17.4. The maximum absolute atomic E-state index is 12.9. The summed E-state index contributed by atoms with van der Waals surface area (Å²) in [6.07, 6.45) is 2.19. The maximum atomic E-state index is 12.9. The van der Waals surface area contributed by atoms with Gasteiger partial charge in [-0.1, -0.05) is 29.5 Å². The maximum Gasteiger partial charge on any atom is 0.323 e. The van der Waals surface area contributed by atoms with Crippen LogP contribution in [0.25, 0.3) is 32.6 Å². The lowest BCUT2D eigenvalue weighted by molar-refractivity contribution is 0.219. The number of likely N-dealkylation sites (tertiary alicyclic amines) is 1. The van der Waals surface area contributed by atoms with Crippen LogP contribution in [-0.4, -0.2) is 39.0 Å². The highest BCUT2D eigenvalue weighted by atomic mass is 32.1. The van der Waals surface area contributed by atoms with E-state index >= 15 is 0 Å². The van der Waals surface area contributed by atoms with Gasteiger partial charge in [-0.3, -0.25) is 5.32 Å². The first-order valence-electron chi connectivity index (χ1n) is 11.1. The molecular formula is C26H21N7OS. The lowest BCUT2D eigenvalue weighted by atomic mass is 9.92. The normalized spacial score (nSPS) is 17.2. The topological polar surface area (TPSA) is 119 Å². The van der Waals surface area contributed by atoms with Crippen LogP contribution in [0.4, 0.5) is 9.93 Å². The molecule has 1 atom stereocenters. The Morgan fingerprint density at radius 2 is 2.03 bits per heavy atom. The van der Waals surface area contributed by atoms with Crippen LogP contribution >= 0.6 is 11.3 Å². The molecule has 0 spiro atoms. The van der Waals surface area contributed by atoms with Crippen LogP contribution < -0.4 is 5.32 Å². The van der Waals surface area contributed by atoms with Crippen molar-refractivity contribution in [1.82, 2.24) is 19.9 Å². The number of thiazole rings is 1. The highest BCUT2D eigenvalue weighted by molar-refractivity contribution is 7.19. The number of rotatable bonds is 3. The molecule has 0 radical (unpaired) electrons. The van der Waals surface area contributed by atoms with Crippen LogP contribution in [0, 0.1) is 35.0 Å². The van der Waals surface area contributed by atoms with Crippen molar-refractivity contribution < 1.29 is 4.79 Å². The van der Waals surface area contributed by atoms with E-state index in [2.05, 4.69) is 27.4 Å². The Balaban J connectivity index is 1.56. The number of benzene rings is 2. The van der Waals surface area contributed by atoms with Gasteiger partial charge in [-0.15, -0.1) is 0 Å². The van der Waals surface area contributed by atoms with E-state index in [1.54, 1.807) is 23.4 Å². The second kappa shape index (κ2) is 8.79. The third-order valence-corrected chi connectivity index (χ3v) is 7.25. The molecule has 9 heteroatoms. The summed E-state index contributed by atoms with van der Waals surface area (Å²) >= 11 is 1.37. The Kier molecular flexibility index (Phi) is 5.64. The summed E-state index contributed by atoms with van der Waals surface area (Å²) in [5.41, 5.74) is 4.11. The van der Waals surface area contributed by atoms with Crippen molar-refractivity contribution >= 4 is 33.4 Å². The average molecular weight is 480 g/mol. The van der Waals surface area contributed by atoms with Crippen molar-refractivity contribution in [3.05, 3.63) is 60.0 Å². The van der Waals surface area contributed by atoms with Gasteiger partial charge in [0.15, 0.2) is 5.13 Å². The van der Waals surface area contributed by atoms with Crippen molar-refractivity contribution in [1.29, 1.82) is 10.5 Å². The first-order chi connectivity index (χ1) is 16.9. The first-order valence-corrected chi connectivity index (χ1v) is 11.9. The summed E-state index contributed by atoms with van der Waals surface area (Å²) < 4.78 is 0. The fraction of sp³-hybridized carbons (Fsp3) is 0.231. The summed E-state index contributed by atoms with van der Waals surface area (Å²) in [5.74, 6) is 0. The molecule has 2 amide bonds. The van der Waals surface area contributed by atoms with Crippen LogP contribution in [0.2, 0.25) is 0 Å². The quantitative estimate of drug-likeness (QED) is 0.422. The van der Waals surface area contributed by atoms with Crippen molar-refractivity contribution in [3.8, 4) is 33.8 Å². The van der Waals surface area contributed by atoms with Gasteiger partial charge in [0.05, 0.1) is 39.2 Å². The summed E-state index contributed by atoms with van der Waals surface area (Å²) in [6.45, 7) is 4.71. The first kappa shape index (κ1) is 22.5. The number of carbonyl (C=O) groups is 1. The molecule has 2 aromatic heterocycles. The average Bonchev–Trinajstić information content (AvgIpc) is 3.49. The number of nitriles is 2. The van der Waals surface area contributed by atoms with Gasteiger partial charge in [0, 0.05) is 29.7 Å². The van der Waals surface area contributed by atoms with Crippen LogP contribution in [0.1, 0.15) is 24.6 Å². The zero-order valence-corrected chi connectivity index (χ0v) is 20.1. The number of aryl methyl sites for hydroxylation is 1. The molecule has 8 nitrogen and oxygen atoms in total. The molecule has 35 heavy (non-hydrogen) atoms.